The largest absolute Gasteiger partial charge is 0.489 e. The van der Waals surface area contributed by atoms with Crippen molar-refractivity contribution in [1.29, 1.82) is 0 Å². The average Bonchev–Trinajstić information content (AvgIpc) is 2.74. The number of rotatable bonds is 10. The summed E-state index contributed by atoms with van der Waals surface area (Å²) >= 11 is 0. The summed E-state index contributed by atoms with van der Waals surface area (Å²) in [5.74, 6) is 2.70. The molecular weight excluding hydrogens is 340 g/mol. The van der Waals surface area contributed by atoms with Crippen LogP contribution in [0.5, 0.6) is 5.75 Å². The lowest BCUT2D eigenvalue weighted by Crippen LogP contribution is -2.13. The van der Waals surface area contributed by atoms with Gasteiger partial charge < -0.3 is 4.74 Å². The van der Waals surface area contributed by atoms with Crippen molar-refractivity contribution < 1.29 is 4.74 Å². The molecule has 0 unspecified atom stereocenters. The Labute approximate surface area is 172 Å². The van der Waals surface area contributed by atoms with Gasteiger partial charge in [-0.3, -0.25) is 0 Å². The Balaban J connectivity index is 1.39. The van der Waals surface area contributed by atoms with E-state index in [1.54, 1.807) is 0 Å². The van der Waals surface area contributed by atoms with E-state index in [0.29, 0.717) is 6.61 Å². The molecule has 1 heteroatoms. The fourth-order valence-electron chi connectivity index (χ4n) is 4.51. The van der Waals surface area contributed by atoms with Crippen molar-refractivity contribution in [3.05, 3.63) is 65.2 Å². The Morgan fingerprint density at radius 2 is 1.46 bits per heavy atom. The van der Waals surface area contributed by atoms with E-state index in [1.165, 1.54) is 80.9 Å². The molecule has 0 N–H and O–H groups in total. The van der Waals surface area contributed by atoms with Crippen LogP contribution in [0.3, 0.4) is 0 Å². The molecule has 0 atom stereocenters. The van der Waals surface area contributed by atoms with Gasteiger partial charge >= 0.3 is 0 Å². The van der Waals surface area contributed by atoms with Crippen molar-refractivity contribution in [3.8, 4) is 5.75 Å². The summed E-state index contributed by atoms with van der Waals surface area (Å²) < 4.78 is 5.91. The smallest absolute Gasteiger partial charge is 0.119 e. The van der Waals surface area contributed by atoms with Gasteiger partial charge in [-0.05, 0) is 67.7 Å². The summed E-state index contributed by atoms with van der Waals surface area (Å²) in [4.78, 5) is 0. The second-order valence-electron chi connectivity index (χ2n) is 8.76. The maximum absolute atomic E-state index is 5.91. The van der Waals surface area contributed by atoms with Crippen LogP contribution in [0.15, 0.2) is 48.5 Å². The van der Waals surface area contributed by atoms with Crippen LogP contribution in [-0.2, 0) is 6.61 Å². The molecule has 1 nitrogen and oxygen atoms in total. The number of aryl methyl sites for hydroxylation is 1. The van der Waals surface area contributed by atoms with E-state index >= 15 is 0 Å². The Kier molecular flexibility index (Phi) is 8.45. The van der Waals surface area contributed by atoms with Crippen LogP contribution < -0.4 is 4.74 Å². The SMILES string of the molecule is CCCCCCCC1CCC(c2ccc(COc3ccc(C)cc3)cc2)CC1. The molecule has 2 aromatic carbocycles. The van der Waals surface area contributed by atoms with E-state index in [-0.39, 0.29) is 0 Å². The number of benzene rings is 2. The van der Waals surface area contributed by atoms with E-state index in [9.17, 15) is 0 Å². The van der Waals surface area contributed by atoms with Crippen molar-refractivity contribution in [1.82, 2.24) is 0 Å². The molecule has 0 bridgehead atoms. The summed E-state index contributed by atoms with van der Waals surface area (Å²) in [6, 6.07) is 17.5. The molecule has 0 spiro atoms. The van der Waals surface area contributed by atoms with Crippen molar-refractivity contribution in [2.45, 2.75) is 90.6 Å². The lowest BCUT2D eigenvalue weighted by Gasteiger charge is -2.29. The molecule has 1 aliphatic carbocycles. The average molecular weight is 379 g/mol. The Hall–Kier alpha value is -1.76. The molecule has 0 saturated heterocycles. The summed E-state index contributed by atoms with van der Waals surface area (Å²) in [5.41, 5.74) is 4.05. The number of ether oxygens (including phenoxy) is 1. The molecular formula is C27H38O. The summed E-state index contributed by atoms with van der Waals surface area (Å²) in [7, 11) is 0. The third-order valence-electron chi connectivity index (χ3n) is 6.44. The molecule has 0 radical (unpaired) electrons. The van der Waals surface area contributed by atoms with Gasteiger partial charge in [0.25, 0.3) is 0 Å². The highest BCUT2D eigenvalue weighted by Gasteiger charge is 2.21. The maximum Gasteiger partial charge on any atom is 0.119 e. The molecule has 1 saturated carbocycles. The van der Waals surface area contributed by atoms with Crippen molar-refractivity contribution >= 4 is 0 Å². The first-order chi connectivity index (χ1) is 13.7. The molecule has 2 aromatic rings. The van der Waals surface area contributed by atoms with Gasteiger partial charge in [-0.15, -0.1) is 0 Å². The van der Waals surface area contributed by atoms with Crippen LogP contribution in [-0.4, -0.2) is 0 Å². The summed E-state index contributed by atoms with van der Waals surface area (Å²) in [6.07, 6.45) is 14.2. The third kappa shape index (κ3) is 6.69. The van der Waals surface area contributed by atoms with Gasteiger partial charge in [0.05, 0.1) is 0 Å². The maximum atomic E-state index is 5.91. The van der Waals surface area contributed by atoms with Gasteiger partial charge in [-0.1, -0.05) is 87.4 Å². The normalized spacial score (nSPS) is 19.5. The zero-order valence-electron chi connectivity index (χ0n) is 18.0. The van der Waals surface area contributed by atoms with Crippen LogP contribution in [0, 0.1) is 12.8 Å². The fourth-order valence-corrected chi connectivity index (χ4v) is 4.51. The predicted molar refractivity (Wildman–Crippen MR) is 120 cm³/mol. The minimum absolute atomic E-state index is 0.647. The van der Waals surface area contributed by atoms with Crippen LogP contribution in [0.1, 0.15) is 93.7 Å². The van der Waals surface area contributed by atoms with Gasteiger partial charge in [0.1, 0.15) is 12.4 Å². The second kappa shape index (κ2) is 11.3. The monoisotopic (exact) mass is 378 g/mol. The highest BCUT2D eigenvalue weighted by molar-refractivity contribution is 5.28. The number of hydrogen-bond acceptors (Lipinski definition) is 1. The van der Waals surface area contributed by atoms with Crippen molar-refractivity contribution in [2.24, 2.45) is 5.92 Å². The lowest BCUT2D eigenvalue weighted by atomic mass is 9.77. The summed E-state index contributed by atoms with van der Waals surface area (Å²) in [6.45, 7) is 5.04. The third-order valence-corrected chi connectivity index (χ3v) is 6.44. The first-order valence-corrected chi connectivity index (χ1v) is 11.5. The standard InChI is InChI=1S/C27H38O/c1-3-4-5-6-7-8-23-11-15-25(16-12-23)26-17-13-24(14-18-26)21-28-27-19-9-22(2)10-20-27/h9-10,13-14,17-20,23,25H,3-8,11-12,15-16,21H2,1-2H3. The van der Waals surface area contributed by atoms with Gasteiger partial charge in [-0.2, -0.15) is 0 Å². The van der Waals surface area contributed by atoms with Crippen molar-refractivity contribution in [2.75, 3.05) is 0 Å². The lowest BCUT2D eigenvalue weighted by molar-refractivity contribution is 0.301. The summed E-state index contributed by atoms with van der Waals surface area (Å²) in [5, 5.41) is 0. The molecule has 1 fully saturated rings. The topological polar surface area (TPSA) is 9.23 Å². The zero-order chi connectivity index (χ0) is 19.6. The highest BCUT2D eigenvalue weighted by Crippen LogP contribution is 2.37. The minimum Gasteiger partial charge on any atom is -0.489 e. The Morgan fingerprint density at radius 3 is 2.14 bits per heavy atom. The van der Waals surface area contributed by atoms with Crippen LogP contribution >= 0.6 is 0 Å². The van der Waals surface area contributed by atoms with E-state index in [0.717, 1.165) is 17.6 Å². The van der Waals surface area contributed by atoms with Gasteiger partial charge in [0.2, 0.25) is 0 Å². The molecule has 0 amide bonds. The molecule has 28 heavy (non-hydrogen) atoms. The van der Waals surface area contributed by atoms with Crippen LogP contribution in [0.4, 0.5) is 0 Å². The first kappa shape index (κ1) is 21.0. The van der Waals surface area contributed by atoms with E-state index in [1.807, 2.05) is 12.1 Å². The van der Waals surface area contributed by atoms with Gasteiger partial charge in [-0.25, -0.2) is 0 Å². The molecule has 152 valence electrons. The quantitative estimate of drug-likeness (QED) is 0.378. The van der Waals surface area contributed by atoms with Gasteiger partial charge in [0.15, 0.2) is 0 Å². The zero-order valence-corrected chi connectivity index (χ0v) is 18.0. The highest BCUT2D eigenvalue weighted by atomic mass is 16.5. The first-order valence-electron chi connectivity index (χ1n) is 11.5. The number of unbranched alkanes of at least 4 members (excludes halogenated alkanes) is 4. The van der Waals surface area contributed by atoms with E-state index in [2.05, 4.69) is 50.2 Å². The fraction of sp³-hybridized carbons (Fsp3) is 0.556. The van der Waals surface area contributed by atoms with E-state index < -0.39 is 0 Å². The van der Waals surface area contributed by atoms with Gasteiger partial charge in [0, 0.05) is 0 Å². The molecule has 3 rings (SSSR count). The Bertz CT molecular complexity index is 662. The number of hydrogen-bond donors (Lipinski definition) is 0. The van der Waals surface area contributed by atoms with Crippen LogP contribution in [0.2, 0.25) is 0 Å². The minimum atomic E-state index is 0.647. The molecule has 0 aliphatic heterocycles. The Morgan fingerprint density at radius 1 is 0.786 bits per heavy atom. The molecule has 0 aromatic heterocycles. The molecule has 1 aliphatic rings. The second-order valence-corrected chi connectivity index (χ2v) is 8.76. The van der Waals surface area contributed by atoms with Crippen LogP contribution in [0.25, 0.3) is 0 Å². The predicted octanol–water partition coefficient (Wildman–Crippen LogP) is 8.21. The van der Waals surface area contributed by atoms with Crippen molar-refractivity contribution in [3.63, 3.8) is 0 Å². The van der Waals surface area contributed by atoms with E-state index in [4.69, 9.17) is 4.74 Å². The molecule has 0 heterocycles.